The van der Waals surface area contributed by atoms with E-state index in [-0.39, 0.29) is 23.4 Å². The Hall–Kier alpha value is -1.70. The summed E-state index contributed by atoms with van der Waals surface area (Å²) in [6.07, 6.45) is 5.86. The molecule has 0 radical (unpaired) electrons. The molecule has 1 aromatic carbocycles. The molecule has 1 atom stereocenters. The van der Waals surface area contributed by atoms with Gasteiger partial charge in [0.1, 0.15) is 0 Å². The van der Waals surface area contributed by atoms with Gasteiger partial charge in [0.25, 0.3) is 0 Å². The fourth-order valence-electron chi connectivity index (χ4n) is 4.17. The summed E-state index contributed by atoms with van der Waals surface area (Å²) < 4.78 is 27.9. The zero-order valence-electron chi connectivity index (χ0n) is 17.5. The van der Waals surface area contributed by atoms with Crippen LogP contribution in [0.2, 0.25) is 0 Å². The number of piperidine rings is 1. The van der Waals surface area contributed by atoms with Crippen molar-refractivity contribution in [2.45, 2.75) is 63.8 Å². The lowest BCUT2D eigenvalue weighted by molar-refractivity contribution is 0.110. The first-order valence-electron chi connectivity index (χ1n) is 10.6. The van der Waals surface area contributed by atoms with Crippen LogP contribution in [0.1, 0.15) is 50.8 Å². The molecule has 3 rings (SSSR count). The summed E-state index contributed by atoms with van der Waals surface area (Å²) in [5.74, 6) is 0.135. The van der Waals surface area contributed by atoms with Crippen LogP contribution in [0.4, 0.5) is 0 Å². The van der Waals surface area contributed by atoms with Gasteiger partial charge in [-0.25, -0.2) is 13.4 Å². The van der Waals surface area contributed by atoms with E-state index >= 15 is 0 Å². The SMILES string of the molecule is CC(C)CS(=O)(=O)c1ncc(CN2CCCC[C@H]2CCO)n1Cc1ccccc1. The van der Waals surface area contributed by atoms with Crippen LogP contribution in [0.25, 0.3) is 0 Å². The van der Waals surface area contributed by atoms with Gasteiger partial charge in [0.15, 0.2) is 0 Å². The molecule has 29 heavy (non-hydrogen) atoms. The van der Waals surface area contributed by atoms with Crippen molar-refractivity contribution >= 4 is 9.84 Å². The molecule has 1 N–H and O–H groups in total. The lowest BCUT2D eigenvalue weighted by Gasteiger charge is -2.35. The fourth-order valence-corrected chi connectivity index (χ4v) is 5.92. The normalized spacial score (nSPS) is 18.4. The first-order chi connectivity index (χ1) is 13.9. The number of aliphatic hydroxyl groups excluding tert-OH is 1. The molecule has 1 aliphatic rings. The molecule has 0 unspecified atom stereocenters. The van der Waals surface area contributed by atoms with E-state index in [0.717, 1.165) is 37.1 Å². The maximum Gasteiger partial charge on any atom is 0.228 e. The zero-order chi connectivity index (χ0) is 20.9. The smallest absolute Gasteiger partial charge is 0.228 e. The Morgan fingerprint density at radius 3 is 2.62 bits per heavy atom. The minimum Gasteiger partial charge on any atom is -0.396 e. The predicted octanol–water partition coefficient (Wildman–Crippen LogP) is 3.10. The lowest BCUT2D eigenvalue weighted by atomic mass is 9.99. The maximum atomic E-state index is 13.0. The molecule has 6 nitrogen and oxygen atoms in total. The maximum absolute atomic E-state index is 13.0. The highest BCUT2D eigenvalue weighted by Crippen LogP contribution is 2.24. The number of hydrogen-bond donors (Lipinski definition) is 1. The van der Waals surface area contributed by atoms with E-state index in [9.17, 15) is 13.5 Å². The number of imidazole rings is 1. The summed E-state index contributed by atoms with van der Waals surface area (Å²) in [5.41, 5.74) is 1.97. The number of aliphatic hydroxyl groups is 1. The number of rotatable bonds is 9. The molecule has 160 valence electrons. The van der Waals surface area contributed by atoms with Crippen molar-refractivity contribution in [1.82, 2.24) is 14.5 Å². The van der Waals surface area contributed by atoms with Crippen LogP contribution in [0.3, 0.4) is 0 Å². The predicted molar refractivity (Wildman–Crippen MR) is 114 cm³/mol. The third-order valence-electron chi connectivity index (χ3n) is 5.49. The van der Waals surface area contributed by atoms with Gasteiger partial charge in [-0.15, -0.1) is 0 Å². The summed E-state index contributed by atoms with van der Waals surface area (Å²) in [5, 5.41) is 9.59. The first kappa shape index (κ1) is 22.0. The Balaban J connectivity index is 1.93. The van der Waals surface area contributed by atoms with Gasteiger partial charge < -0.3 is 9.67 Å². The highest BCUT2D eigenvalue weighted by Gasteiger charge is 2.27. The molecular formula is C22H33N3O3S. The number of aromatic nitrogens is 2. The van der Waals surface area contributed by atoms with E-state index in [2.05, 4.69) is 9.88 Å². The van der Waals surface area contributed by atoms with Gasteiger partial charge in [-0.1, -0.05) is 50.6 Å². The van der Waals surface area contributed by atoms with Gasteiger partial charge in [0.2, 0.25) is 15.0 Å². The number of benzene rings is 1. The standard InChI is InChI=1S/C22H33N3O3S/c1-18(2)17-29(27,28)22-23-14-21(25(22)15-19-8-4-3-5-9-19)16-24-12-7-6-10-20(24)11-13-26/h3-5,8-9,14,18,20,26H,6-7,10-13,15-17H2,1-2H3/t20-/m0/s1. The largest absolute Gasteiger partial charge is 0.396 e. The lowest BCUT2D eigenvalue weighted by Crippen LogP contribution is -2.40. The summed E-state index contributed by atoms with van der Waals surface area (Å²) in [4.78, 5) is 6.74. The molecule has 1 fully saturated rings. The Labute approximate surface area is 174 Å². The minimum absolute atomic E-state index is 0.0429. The van der Waals surface area contributed by atoms with Crippen LogP contribution >= 0.6 is 0 Å². The van der Waals surface area contributed by atoms with E-state index in [1.807, 2.05) is 48.7 Å². The van der Waals surface area contributed by atoms with Crippen LogP contribution in [-0.2, 0) is 22.9 Å². The molecule has 1 aliphatic heterocycles. The van der Waals surface area contributed by atoms with Gasteiger partial charge in [-0.05, 0) is 37.3 Å². The molecule has 0 spiro atoms. The van der Waals surface area contributed by atoms with Crippen LogP contribution in [0.5, 0.6) is 0 Å². The summed E-state index contributed by atoms with van der Waals surface area (Å²) in [7, 11) is -3.46. The molecule has 0 amide bonds. The monoisotopic (exact) mass is 419 g/mol. The van der Waals surface area contributed by atoms with Gasteiger partial charge in [0.05, 0.1) is 24.2 Å². The van der Waals surface area contributed by atoms with E-state index in [4.69, 9.17) is 0 Å². The Bertz CT molecular complexity index is 876. The minimum atomic E-state index is -3.46. The molecule has 0 saturated carbocycles. The number of hydrogen-bond acceptors (Lipinski definition) is 5. The van der Waals surface area contributed by atoms with Crippen LogP contribution < -0.4 is 0 Å². The molecule has 7 heteroatoms. The van der Waals surface area contributed by atoms with Crippen LogP contribution in [0, 0.1) is 5.92 Å². The third-order valence-corrected chi connectivity index (χ3v) is 7.48. The highest BCUT2D eigenvalue weighted by molar-refractivity contribution is 7.91. The van der Waals surface area contributed by atoms with Crippen molar-refractivity contribution in [3.8, 4) is 0 Å². The van der Waals surface area contributed by atoms with Crippen LogP contribution in [-0.4, -0.2) is 52.9 Å². The van der Waals surface area contributed by atoms with Crippen molar-refractivity contribution in [2.24, 2.45) is 5.92 Å². The molecule has 0 aliphatic carbocycles. The second-order valence-corrected chi connectivity index (χ2v) is 10.3. The Morgan fingerprint density at radius 1 is 1.17 bits per heavy atom. The van der Waals surface area contributed by atoms with Gasteiger partial charge in [0, 0.05) is 19.2 Å². The Morgan fingerprint density at radius 2 is 1.93 bits per heavy atom. The van der Waals surface area contributed by atoms with Crippen molar-refractivity contribution in [3.05, 3.63) is 47.8 Å². The quantitative estimate of drug-likeness (QED) is 0.676. The number of sulfone groups is 1. The molecule has 0 bridgehead atoms. The average molecular weight is 420 g/mol. The zero-order valence-corrected chi connectivity index (χ0v) is 18.3. The van der Waals surface area contributed by atoms with E-state index < -0.39 is 9.84 Å². The van der Waals surface area contributed by atoms with Crippen LogP contribution in [0.15, 0.2) is 41.7 Å². The van der Waals surface area contributed by atoms with Crippen molar-refractivity contribution in [1.29, 1.82) is 0 Å². The van der Waals surface area contributed by atoms with E-state index in [0.29, 0.717) is 19.1 Å². The summed E-state index contributed by atoms with van der Waals surface area (Å²) in [6, 6.07) is 10.3. The van der Waals surface area contributed by atoms with E-state index in [1.165, 1.54) is 6.42 Å². The highest BCUT2D eigenvalue weighted by atomic mass is 32.2. The van der Waals surface area contributed by atoms with Crippen molar-refractivity contribution in [3.63, 3.8) is 0 Å². The number of nitrogens with zero attached hydrogens (tertiary/aromatic N) is 3. The fraction of sp³-hybridized carbons (Fsp3) is 0.591. The van der Waals surface area contributed by atoms with Crippen molar-refractivity contribution in [2.75, 3.05) is 18.9 Å². The molecular weight excluding hydrogens is 386 g/mol. The van der Waals surface area contributed by atoms with Gasteiger partial charge >= 0.3 is 0 Å². The second-order valence-electron chi connectivity index (χ2n) is 8.41. The van der Waals surface area contributed by atoms with Gasteiger partial charge in [-0.2, -0.15) is 0 Å². The van der Waals surface area contributed by atoms with Gasteiger partial charge in [-0.3, -0.25) is 4.90 Å². The van der Waals surface area contributed by atoms with E-state index in [1.54, 1.807) is 6.20 Å². The average Bonchev–Trinajstić information content (AvgIpc) is 3.07. The third kappa shape index (κ3) is 5.68. The first-order valence-corrected chi connectivity index (χ1v) is 12.2. The number of likely N-dealkylation sites (tertiary alicyclic amines) is 1. The topological polar surface area (TPSA) is 75.4 Å². The molecule has 2 aromatic rings. The molecule has 2 heterocycles. The molecule has 1 saturated heterocycles. The Kier molecular flexibility index (Phi) is 7.49. The molecule has 1 aromatic heterocycles. The summed E-state index contributed by atoms with van der Waals surface area (Å²) >= 11 is 0. The van der Waals surface area contributed by atoms with Crippen molar-refractivity contribution < 1.29 is 13.5 Å². The second kappa shape index (κ2) is 9.87. The summed E-state index contributed by atoms with van der Waals surface area (Å²) in [6.45, 7) is 6.11.